The first-order valence-electron chi connectivity index (χ1n) is 36.9. The summed E-state index contributed by atoms with van der Waals surface area (Å²) in [6, 6.07) is -0.898. The fraction of sp³-hybridized carbons (Fsp3) is 0.734. The number of aliphatic hydroxyl groups excluding tert-OH is 1. The number of phosphoric acid groups is 1. The summed E-state index contributed by atoms with van der Waals surface area (Å²) in [5.74, 6) is -0.201. The zero-order valence-electron chi connectivity index (χ0n) is 58.1. The van der Waals surface area contributed by atoms with E-state index >= 15 is 0 Å². The highest BCUT2D eigenvalue weighted by Crippen LogP contribution is 2.38. The molecule has 1 amide bonds. The number of hydrogen-bond acceptors (Lipinski definition) is 6. The first-order valence-corrected chi connectivity index (χ1v) is 38.4. The number of nitrogens with zero attached hydrogens (tertiary/aromatic N) is 1. The molecule has 0 fully saturated rings. The van der Waals surface area contributed by atoms with Crippen molar-refractivity contribution in [1.29, 1.82) is 0 Å². The third kappa shape index (κ3) is 70.4. The smallest absolute Gasteiger partial charge is 0.268 e. The lowest BCUT2D eigenvalue weighted by molar-refractivity contribution is -0.870. The van der Waals surface area contributed by atoms with Crippen molar-refractivity contribution in [3.05, 3.63) is 122 Å². The van der Waals surface area contributed by atoms with E-state index in [9.17, 15) is 19.4 Å². The Balaban J connectivity index is 4.09. The molecule has 9 heteroatoms. The van der Waals surface area contributed by atoms with Gasteiger partial charge >= 0.3 is 0 Å². The van der Waals surface area contributed by atoms with Gasteiger partial charge in [0.05, 0.1) is 39.9 Å². The van der Waals surface area contributed by atoms with E-state index in [1.54, 1.807) is 6.08 Å². The minimum atomic E-state index is -4.61. The molecule has 0 aliphatic heterocycles. The Kier molecular flexibility index (Phi) is 65.9. The summed E-state index contributed by atoms with van der Waals surface area (Å²) in [4.78, 5) is 25.7. The van der Waals surface area contributed by atoms with Crippen molar-refractivity contribution in [2.75, 3.05) is 40.9 Å². The maximum Gasteiger partial charge on any atom is 0.268 e. The molecule has 3 unspecified atom stereocenters. The minimum Gasteiger partial charge on any atom is -0.756 e. The van der Waals surface area contributed by atoms with E-state index in [-0.39, 0.29) is 19.1 Å². The number of rotatable bonds is 67. The van der Waals surface area contributed by atoms with Gasteiger partial charge in [-0.25, -0.2) is 0 Å². The fourth-order valence-electron chi connectivity index (χ4n) is 10.5. The number of hydrogen-bond donors (Lipinski definition) is 2. The van der Waals surface area contributed by atoms with Crippen LogP contribution in [0.5, 0.6) is 0 Å². The first kappa shape index (κ1) is 84.9. The monoisotopic (exact) mass is 1250 g/mol. The molecule has 0 saturated carbocycles. The molecule has 508 valence electrons. The summed E-state index contributed by atoms with van der Waals surface area (Å²) in [6.45, 7) is 4.56. The third-order valence-electron chi connectivity index (χ3n) is 16.2. The van der Waals surface area contributed by atoms with E-state index in [2.05, 4.69) is 129 Å². The Morgan fingerprint density at radius 3 is 1.01 bits per heavy atom. The molecule has 0 rings (SSSR count). The second-order valence-electron chi connectivity index (χ2n) is 25.9. The number of amides is 1. The standard InChI is InChI=1S/C79H141N2O6P/c1-6-8-10-12-14-16-18-20-22-24-26-28-30-32-34-35-36-37-38-39-40-41-42-43-44-45-47-49-51-53-55-57-59-61-63-65-67-69-71-73-79(83)80-77(76-87-88(84,85)86-75-74-81(3,4)5)78(82)72-70-68-66-64-62-60-58-56-54-52-50-48-46-33-31-29-27-25-23-21-19-17-15-13-11-9-7-2/h8,10,14,16,20,22,26,28,32,34,36-37,39-40,42-43,45,47,70,72,77-78,82H,6-7,9,11-13,15,17-19,21,23-25,27,29-31,33,35,38,41,44,46,48-69,71,73-76H2,1-5H3,(H-,80,83,84,85)/b10-8-,16-14-,22-20-,28-26-,34-32-,37-36-,40-39-,43-42-,47-45-,72-70+. The van der Waals surface area contributed by atoms with Crippen molar-refractivity contribution in [3.8, 4) is 0 Å². The van der Waals surface area contributed by atoms with Crippen molar-refractivity contribution in [3.63, 3.8) is 0 Å². The number of likely N-dealkylation sites (N-methyl/N-ethyl adjacent to an activating group) is 1. The third-order valence-corrected chi connectivity index (χ3v) is 17.1. The van der Waals surface area contributed by atoms with Gasteiger partial charge in [0.2, 0.25) is 5.91 Å². The summed E-state index contributed by atoms with van der Waals surface area (Å²) in [6.07, 6.45) is 102. The lowest BCUT2D eigenvalue weighted by Gasteiger charge is -2.29. The summed E-state index contributed by atoms with van der Waals surface area (Å²) in [7, 11) is 1.26. The maximum absolute atomic E-state index is 13.1. The van der Waals surface area contributed by atoms with Crippen LogP contribution in [0.3, 0.4) is 0 Å². The molecule has 0 aromatic rings. The van der Waals surface area contributed by atoms with Gasteiger partial charge in [0.15, 0.2) is 0 Å². The van der Waals surface area contributed by atoms with Crippen molar-refractivity contribution in [1.82, 2.24) is 5.32 Å². The van der Waals surface area contributed by atoms with Crippen LogP contribution in [0.15, 0.2) is 122 Å². The molecule has 2 N–H and O–H groups in total. The van der Waals surface area contributed by atoms with Crippen LogP contribution < -0.4 is 10.2 Å². The first-order chi connectivity index (χ1) is 43.0. The molecule has 0 aliphatic rings. The Morgan fingerprint density at radius 1 is 0.409 bits per heavy atom. The molecule has 0 saturated heterocycles. The SMILES string of the molecule is CC/C=C\C/C=C\C/C=C\C/C=C\C/C=C\C/C=C\C/C=C\C/C=C\C/C=C\CCCCCCCCCCCCCC(=O)NC(COP(=O)([O-])OCC[N+](C)(C)C)C(O)/C=C/CCCCCCCCCCCCCCCCCCCCCCCCCCC. The van der Waals surface area contributed by atoms with Gasteiger partial charge in [0.25, 0.3) is 7.82 Å². The number of nitrogens with one attached hydrogen (secondary N) is 1. The number of quaternary nitrogens is 1. The van der Waals surface area contributed by atoms with E-state index in [1.807, 2.05) is 27.2 Å². The summed E-state index contributed by atoms with van der Waals surface area (Å²) < 4.78 is 23.5. The van der Waals surface area contributed by atoms with E-state index in [1.165, 1.54) is 199 Å². The van der Waals surface area contributed by atoms with Crippen LogP contribution in [-0.4, -0.2) is 68.5 Å². The largest absolute Gasteiger partial charge is 0.756 e. The average molecular weight is 1250 g/mol. The molecular formula is C79H141N2O6P. The van der Waals surface area contributed by atoms with Gasteiger partial charge in [-0.1, -0.05) is 347 Å². The molecule has 8 nitrogen and oxygen atoms in total. The molecule has 0 aromatic heterocycles. The molecule has 0 aliphatic carbocycles. The summed E-state index contributed by atoms with van der Waals surface area (Å²) in [5, 5.41) is 14.0. The van der Waals surface area contributed by atoms with E-state index < -0.39 is 20.0 Å². The van der Waals surface area contributed by atoms with Gasteiger partial charge in [-0.15, -0.1) is 0 Å². The summed E-state index contributed by atoms with van der Waals surface area (Å²) in [5.41, 5.74) is 0. The van der Waals surface area contributed by atoms with Gasteiger partial charge in [-0.2, -0.15) is 0 Å². The quantitative estimate of drug-likeness (QED) is 0.0272. The Labute approximate surface area is 545 Å². The van der Waals surface area contributed by atoms with Gasteiger partial charge in [-0.05, 0) is 89.9 Å². The van der Waals surface area contributed by atoms with Gasteiger partial charge in [0.1, 0.15) is 13.2 Å². The molecule has 0 bridgehead atoms. The lowest BCUT2D eigenvalue weighted by atomic mass is 10.0. The van der Waals surface area contributed by atoms with Crippen molar-refractivity contribution >= 4 is 13.7 Å². The number of phosphoric ester groups is 1. The van der Waals surface area contributed by atoms with Crippen molar-refractivity contribution in [2.45, 2.75) is 334 Å². The Bertz CT molecular complexity index is 1850. The van der Waals surface area contributed by atoms with Crippen LogP contribution in [0.1, 0.15) is 322 Å². The maximum atomic E-state index is 13.1. The van der Waals surface area contributed by atoms with Gasteiger partial charge in [0, 0.05) is 6.42 Å². The molecule has 0 heterocycles. The molecule has 0 radical (unpaired) electrons. The number of unbranched alkanes of at least 4 members (excludes halogenated alkanes) is 36. The van der Waals surface area contributed by atoms with Gasteiger partial charge in [-0.3, -0.25) is 9.36 Å². The zero-order valence-corrected chi connectivity index (χ0v) is 59.0. The van der Waals surface area contributed by atoms with Crippen LogP contribution in [0, 0.1) is 0 Å². The van der Waals surface area contributed by atoms with Gasteiger partial charge < -0.3 is 28.8 Å². The molecule has 0 spiro atoms. The molecule has 0 aromatic carbocycles. The zero-order chi connectivity index (χ0) is 64.1. The van der Waals surface area contributed by atoms with E-state index in [0.29, 0.717) is 17.4 Å². The Morgan fingerprint density at radius 2 is 0.693 bits per heavy atom. The molecule has 88 heavy (non-hydrogen) atoms. The number of carbonyl (C=O) groups is 1. The average Bonchev–Trinajstić information content (AvgIpc) is 3.70. The number of allylic oxidation sites excluding steroid dienone is 19. The number of carbonyl (C=O) groups excluding carboxylic acids is 1. The van der Waals surface area contributed by atoms with Crippen molar-refractivity contribution in [2.24, 2.45) is 0 Å². The van der Waals surface area contributed by atoms with Crippen molar-refractivity contribution < 1.29 is 32.9 Å². The van der Waals surface area contributed by atoms with Crippen LogP contribution >= 0.6 is 7.82 Å². The van der Waals surface area contributed by atoms with Crippen LogP contribution in [-0.2, 0) is 18.4 Å². The molecule has 3 atom stereocenters. The highest BCUT2D eigenvalue weighted by molar-refractivity contribution is 7.45. The fourth-order valence-corrected chi connectivity index (χ4v) is 11.2. The van der Waals surface area contributed by atoms with Crippen LogP contribution in [0.25, 0.3) is 0 Å². The van der Waals surface area contributed by atoms with E-state index in [4.69, 9.17) is 9.05 Å². The normalized spacial score (nSPS) is 14.3. The topological polar surface area (TPSA) is 108 Å². The Hall–Kier alpha value is -3.10. The second-order valence-corrected chi connectivity index (χ2v) is 27.3. The lowest BCUT2D eigenvalue weighted by Crippen LogP contribution is -2.45. The minimum absolute atomic E-state index is 0.00578. The molecular weight excluding hydrogens is 1100 g/mol. The predicted molar refractivity (Wildman–Crippen MR) is 385 cm³/mol. The van der Waals surface area contributed by atoms with E-state index in [0.717, 1.165) is 103 Å². The number of aliphatic hydroxyl groups is 1. The van der Waals surface area contributed by atoms with Crippen LogP contribution in [0.2, 0.25) is 0 Å². The highest BCUT2D eigenvalue weighted by Gasteiger charge is 2.23. The highest BCUT2D eigenvalue weighted by atomic mass is 31.2. The predicted octanol–water partition coefficient (Wildman–Crippen LogP) is 23.4. The second kappa shape index (κ2) is 68.3. The van der Waals surface area contributed by atoms with Crippen LogP contribution in [0.4, 0.5) is 0 Å². The summed E-state index contributed by atoms with van der Waals surface area (Å²) >= 11 is 0.